The topological polar surface area (TPSA) is 43.3 Å². The van der Waals surface area contributed by atoms with Crippen LogP contribution in [0.4, 0.5) is 4.39 Å². The summed E-state index contributed by atoms with van der Waals surface area (Å²) in [5, 5.41) is 6.88. The summed E-state index contributed by atoms with van der Waals surface area (Å²) in [6, 6.07) is 18.4. The molecule has 0 saturated heterocycles. The van der Waals surface area contributed by atoms with Crippen molar-refractivity contribution in [2.45, 2.75) is 18.7 Å². The molecule has 2 unspecified atom stereocenters. The van der Waals surface area contributed by atoms with Crippen molar-refractivity contribution in [3.63, 3.8) is 0 Å². The Hall–Kier alpha value is -3.25. The maximum absolute atomic E-state index is 14.2. The zero-order chi connectivity index (χ0) is 20.2. The van der Waals surface area contributed by atoms with Gasteiger partial charge in [0, 0.05) is 23.1 Å². The van der Waals surface area contributed by atoms with Crippen molar-refractivity contribution in [1.82, 2.24) is 5.01 Å². The van der Waals surface area contributed by atoms with Gasteiger partial charge in [-0.3, -0.25) is 0 Å². The highest BCUT2D eigenvalue weighted by Crippen LogP contribution is 2.48. The number of halogens is 2. The molecule has 0 aliphatic carbocycles. The molecule has 3 aliphatic rings. The monoisotopic (exact) mass is 422 g/mol. The SMILES string of the molecule is Fc1cc(C2Oc3ccccc3C3CC(c4ccc5c(c4)OCO5)=NN32)ccc1Cl. The number of hydrogen-bond acceptors (Lipinski definition) is 5. The minimum absolute atomic E-state index is 0.0147. The summed E-state index contributed by atoms with van der Waals surface area (Å²) in [6.45, 7) is 0.228. The van der Waals surface area contributed by atoms with Crippen molar-refractivity contribution in [3.8, 4) is 17.2 Å². The first-order valence-electron chi connectivity index (χ1n) is 9.64. The average molecular weight is 423 g/mol. The number of benzene rings is 3. The van der Waals surface area contributed by atoms with Gasteiger partial charge < -0.3 is 14.2 Å². The van der Waals surface area contributed by atoms with Crippen LogP contribution in [0.5, 0.6) is 17.2 Å². The molecular formula is C23H16ClFN2O3. The van der Waals surface area contributed by atoms with E-state index in [0.717, 1.165) is 28.3 Å². The van der Waals surface area contributed by atoms with E-state index in [4.69, 9.17) is 30.9 Å². The average Bonchev–Trinajstić information content (AvgIpc) is 3.42. The van der Waals surface area contributed by atoms with E-state index in [0.29, 0.717) is 17.7 Å². The van der Waals surface area contributed by atoms with Crippen molar-refractivity contribution in [2.24, 2.45) is 5.10 Å². The highest BCUT2D eigenvalue weighted by Gasteiger charge is 2.41. The van der Waals surface area contributed by atoms with Crippen molar-refractivity contribution in [1.29, 1.82) is 0 Å². The Labute approximate surface area is 177 Å². The van der Waals surface area contributed by atoms with Crippen LogP contribution in [0.15, 0.2) is 65.8 Å². The predicted molar refractivity (Wildman–Crippen MR) is 110 cm³/mol. The van der Waals surface area contributed by atoms with E-state index in [1.54, 1.807) is 12.1 Å². The van der Waals surface area contributed by atoms with Gasteiger partial charge in [0.1, 0.15) is 11.6 Å². The minimum atomic E-state index is -0.553. The lowest BCUT2D eigenvalue weighted by Gasteiger charge is -2.38. The third-order valence-corrected chi connectivity index (χ3v) is 5.94. The van der Waals surface area contributed by atoms with Crippen molar-refractivity contribution < 1.29 is 18.6 Å². The fourth-order valence-electron chi connectivity index (χ4n) is 4.17. The largest absolute Gasteiger partial charge is 0.464 e. The Kier molecular flexibility index (Phi) is 3.89. The fourth-order valence-corrected chi connectivity index (χ4v) is 4.29. The lowest BCUT2D eigenvalue weighted by molar-refractivity contribution is -0.0192. The van der Waals surface area contributed by atoms with Gasteiger partial charge in [0.15, 0.2) is 11.5 Å². The molecule has 6 rings (SSSR count). The molecule has 0 amide bonds. The van der Waals surface area contributed by atoms with Crippen LogP contribution in [-0.4, -0.2) is 17.5 Å². The van der Waals surface area contributed by atoms with Gasteiger partial charge in [0.25, 0.3) is 0 Å². The van der Waals surface area contributed by atoms with Gasteiger partial charge in [0.2, 0.25) is 13.0 Å². The lowest BCUT2D eigenvalue weighted by atomic mass is 9.96. The Morgan fingerprint density at radius 2 is 1.83 bits per heavy atom. The van der Waals surface area contributed by atoms with E-state index in [9.17, 15) is 4.39 Å². The van der Waals surface area contributed by atoms with Gasteiger partial charge >= 0.3 is 0 Å². The van der Waals surface area contributed by atoms with E-state index in [-0.39, 0.29) is 17.9 Å². The number of para-hydroxylation sites is 1. The Morgan fingerprint density at radius 3 is 2.73 bits per heavy atom. The number of hydrazone groups is 1. The molecule has 30 heavy (non-hydrogen) atoms. The van der Waals surface area contributed by atoms with E-state index < -0.39 is 12.0 Å². The van der Waals surface area contributed by atoms with E-state index >= 15 is 0 Å². The summed E-state index contributed by atoms with van der Waals surface area (Å²) in [7, 11) is 0. The molecule has 0 bridgehead atoms. The molecular weight excluding hydrogens is 407 g/mol. The molecule has 7 heteroatoms. The highest BCUT2D eigenvalue weighted by molar-refractivity contribution is 6.30. The lowest BCUT2D eigenvalue weighted by Crippen LogP contribution is -2.33. The van der Waals surface area contributed by atoms with Crippen molar-refractivity contribution in [2.75, 3.05) is 6.79 Å². The fraction of sp³-hybridized carbons (Fsp3) is 0.174. The summed E-state index contributed by atoms with van der Waals surface area (Å²) in [4.78, 5) is 0. The molecule has 150 valence electrons. The number of nitrogens with zero attached hydrogens (tertiary/aromatic N) is 2. The Bertz CT molecular complexity index is 1200. The summed E-state index contributed by atoms with van der Waals surface area (Å²) in [5.74, 6) is 1.75. The normalized spacial score (nSPS) is 21.0. The third-order valence-electron chi connectivity index (χ3n) is 5.63. The summed E-state index contributed by atoms with van der Waals surface area (Å²) < 4.78 is 31.4. The van der Waals surface area contributed by atoms with Crippen LogP contribution in [0.2, 0.25) is 5.02 Å². The van der Waals surface area contributed by atoms with Crippen LogP contribution in [0.25, 0.3) is 0 Å². The number of fused-ring (bicyclic) bond motifs is 4. The van der Waals surface area contributed by atoms with Gasteiger partial charge in [-0.05, 0) is 36.4 Å². The van der Waals surface area contributed by atoms with E-state index in [1.165, 1.54) is 6.07 Å². The molecule has 0 saturated carbocycles. The van der Waals surface area contributed by atoms with Crippen LogP contribution in [0.3, 0.4) is 0 Å². The first kappa shape index (κ1) is 17.6. The number of hydrogen-bond donors (Lipinski definition) is 0. The second-order valence-electron chi connectivity index (χ2n) is 7.40. The zero-order valence-electron chi connectivity index (χ0n) is 15.7. The number of ether oxygens (including phenoxy) is 3. The van der Waals surface area contributed by atoms with Gasteiger partial charge in [-0.25, -0.2) is 9.40 Å². The highest BCUT2D eigenvalue weighted by atomic mass is 35.5. The van der Waals surface area contributed by atoms with Gasteiger partial charge in [-0.15, -0.1) is 0 Å². The molecule has 0 N–H and O–H groups in total. The molecule has 0 radical (unpaired) electrons. The van der Waals surface area contributed by atoms with Crippen LogP contribution >= 0.6 is 11.6 Å². The van der Waals surface area contributed by atoms with Crippen molar-refractivity contribution in [3.05, 3.63) is 88.2 Å². The smallest absolute Gasteiger partial charge is 0.231 e. The Morgan fingerprint density at radius 1 is 0.967 bits per heavy atom. The molecule has 0 spiro atoms. The molecule has 3 heterocycles. The summed E-state index contributed by atoms with van der Waals surface area (Å²) >= 11 is 5.88. The molecule has 0 fully saturated rings. The van der Waals surface area contributed by atoms with Crippen LogP contribution in [0.1, 0.15) is 35.4 Å². The third kappa shape index (κ3) is 2.71. The molecule has 3 aromatic carbocycles. The molecule has 3 aliphatic heterocycles. The van der Waals surface area contributed by atoms with Crippen molar-refractivity contribution >= 4 is 17.3 Å². The van der Waals surface area contributed by atoms with E-state index in [1.807, 2.05) is 47.5 Å². The molecule has 5 nitrogen and oxygen atoms in total. The summed E-state index contributed by atoms with van der Waals surface area (Å²) in [5.41, 5.74) is 3.60. The molecule has 0 aromatic heterocycles. The predicted octanol–water partition coefficient (Wildman–Crippen LogP) is 5.45. The first-order chi connectivity index (χ1) is 14.7. The standard InChI is InChI=1S/C23H16ClFN2O3/c24-16-7-5-14(9-17(16)25)23-27-19(15-3-1-2-4-20(15)30-23)11-18(26-27)13-6-8-21-22(10-13)29-12-28-21/h1-10,19,23H,11-12H2. The number of rotatable bonds is 2. The van der Waals surface area contributed by atoms with Gasteiger partial charge in [-0.1, -0.05) is 35.9 Å². The van der Waals surface area contributed by atoms with Gasteiger partial charge in [-0.2, -0.15) is 5.10 Å². The molecule has 2 atom stereocenters. The molecule has 3 aromatic rings. The summed E-state index contributed by atoms with van der Waals surface area (Å²) in [6.07, 6.45) is 0.148. The first-order valence-corrected chi connectivity index (χ1v) is 10.0. The van der Waals surface area contributed by atoms with Crippen LogP contribution in [-0.2, 0) is 0 Å². The van der Waals surface area contributed by atoms with Gasteiger partial charge in [0.05, 0.1) is 16.8 Å². The zero-order valence-corrected chi connectivity index (χ0v) is 16.5. The second kappa shape index (κ2) is 6.64. The maximum Gasteiger partial charge on any atom is 0.231 e. The maximum atomic E-state index is 14.2. The second-order valence-corrected chi connectivity index (χ2v) is 7.80. The van der Waals surface area contributed by atoms with Crippen LogP contribution < -0.4 is 14.2 Å². The quantitative estimate of drug-likeness (QED) is 0.550. The van der Waals surface area contributed by atoms with Crippen LogP contribution in [0, 0.1) is 5.82 Å². The Balaban J connectivity index is 1.43. The van der Waals surface area contributed by atoms with E-state index in [2.05, 4.69) is 0 Å². The minimum Gasteiger partial charge on any atom is -0.464 e.